The lowest BCUT2D eigenvalue weighted by atomic mass is 10.1. The van der Waals surface area contributed by atoms with Crippen LogP contribution in [-0.4, -0.2) is 30.9 Å². The van der Waals surface area contributed by atoms with Crippen LogP contribution in [0.5, 0.6) is 0 Å². The van der Waals surface area contributed by atoms with E-state index >= 15 is 0 Å². The highest BCUT2D eigenvalue weighted by molar-refractivity contribution is 7.99. The second-order valence-electron chi connectivity index (χ2n) is 3.99. The molecule has 0 aliphatic carbocycles. The Morgan fingerprint density at radius 2 is 1.89 bits per heavy atom. The molecule has 18 heavy (non-hydrogen) atoms. The number of aldehydes is 1. The molecule has 0 atom stereocenters. The van der Waals surface area contributed by atoms with Gasteiger partial charge in [-0.3, -0.25) is 4.79 Å². The second kappa shape index (κ2) is 5.22. The summed E-state index contributed by atoms with van der Waals surface area (Å²) in [6, 6.07) is 3.89. The molecule has 0 aromatic heterocycles. The van der Waals surface area contributed by atoms with E-state index in [1.165, 1.54) is 6.07 Å². The van der Waals surface area contributed by atoms with E-state index in [4.69, 9.17) is 0 Å². The van der Waals surface area contributed by atoms with Crippen LogP contribution in [0.2, 0.25) is 0 Å². The number of benzene rings is 1. The first-order chi connectivity index (χ1) is 8.52. The fourth-order valence-electron chi connectivity index (χ4n) is 1.91. The maximum atomic E-state index is 12.8. The zero-order valence-corrected chi connectivity index (χ0v) is 10.4. The van der Waals surface area contributed by atoms with E-state index in [2.05, 4.69) is 0 Å². The molecule has 0 unspecified atom stereocenters. The Hall–Kier alpha value is -1.17. The largest absolute Gasteiger partial charge is 0.417 e. The van der Waals surface area contributed by atoms with Gasteiger partial charge in [-0.1, -0.05) is 0 Å². The summed E-state index contributed by atoms with van der Waals surface area (Å²) in [5.74, 6) is 1.83. The number of anilines is 1. The van der Waals surface area contributed by atoms with Gasteiger partial charge in [-0.05, 0) is 18.2 Å². The Balaban J connectivity index is 2.36. The molecule has 6 heteroatoms. The highest BCUT2D eigenvalue weighted by Crippen LogP contribution is 2.34. The van der Waals surface area contributed by atoms with Gasteiger partial charge in [0.1, 0.15) is 0 Å². The maximum absolute atomic E-state index is 12.8. The van der Waals surface area contributed by atoms with Crippen LogP contribution in [0.1, 0.15) is 15.9 Å². The van der Waals surface area contributed by atoms with E-state index in [-0.39, 0.29) is 11.8 Å². The molecule has 1 aliphatic heterocycles. The topological polar surface area (TPSA) is 20.3 Å². The molecule has 0 saturated carbocycles. The third-order valence-electron chi connectivity index (χ3n) is 2.85. The van der Waals surface area contributed by atoms with E-state index < -0.39 is 11.7 Å². The molecule has 0 bridgehead atoms. The summed E-state index contributed by atoms with van der Waals surface area (Å²) in [5, 5.41) is 0. The van der Waals surface area contributed by atoms with Gasteiger partial charge in [0.2, 0.25) is 0 Å². The summed E-state index contributed by atoms with van der Waals surface area (Å²) in [6.45, 7) is 1.48. The third kappa shape index (κ3) is 2.80. The molecule has 1 fully saturated rings. The number of hydrogen-bond donors (Lipinski definition) is 0. The Morgan fingerprint density at radius 1 is 1.22 bits per heavy atom. The number of carbonyl (C=O) groups is 1. The molecule has 0 spiro atoms. The van der Waals surface area contributed by atoms with Crippen molar-refractivity contribution in [3.05, 3.63) is 29.3 Å². The Bertz CT molecular complexity index is 441. The highest BCUT2D eigenvalue weighted by atomic mass is 32.2. The minimum Gasteiger partial charge on any atom is -0.370 e. The van der Waals surface area contributed by atoms with Crippen molar-refractivity contribution in [1.82, 2.24) is 0 Å². The molecule has 2 rings (SSSR count). The predicted octanol–water partition coefficient (Wildman–Crippen LogP) is 3.07. The summed E-state index contributed by atoms with van der Waals surface area (Å²) in [7, 11) is 0. The van der Waals surface area contributed by atoms with Crippen molar-refractivity contribution in [2.75, 3.05) is 29.5 Å². The second-order valence-corrected chi connectivity index (χ2v) is 5.21. The molecule has 1 heterocycles. The molecule has 98 valence electrons. The quantitative estimate of drug-likeness (QED) is 0.774. The lowest BCUT2D eigenvalue weighted by Gasteiger charge is -2.29. The molecule has 1 aliphatic rings. The van der Waals surface area contributed by atoms with E-state index in [0.29, 0.717) is 5.69 Å². The first kappa shape index (κ1) is 13.3. The van der Waals surface area contributed by atoms with Crippen LogP contribution in [-0.2, 0) is 6.18 Å². The number of hydrogen-bond acceptors (Lipinski definition) is 3. The van der Waals surface area contributed by atoms with Crippen molar-refractivity contribution < 1.29 is 18.0 Å². The molecule has 1 aromatic carbocycles. The number of halogens is 3. The van der Waals surface area contributed by atoms with Crippen molar-refractivity contribution in [2.24, 2.45) is 0 Å². The predicted molar refractivity (Wildman–Crippen MR) is 66.4 cm³/mol. The van der Waals surface area contributed by atoms with Gasteiger partial charge in [0.05, 0.1) is 5.56 Å². The maximum Gasteiger partial charge on any atom is 0.417 e. The molecule has 0 radical (unpaired) electrons. The molecule has 0 N–H and O–H groups in total. The molecule has 1 aromatic rings. The van der Waals surface area contributed by atoms with E-state index in [0.717, 1.165) is 30.7 Å². The number of rotatable bonds is 2. The average molecular weight is 275 g/mol. The number of nitrogens with zero attached hydrogens (tertiary/aromatic N) is 1. The number of carbonyl (C=O) groups excluding carboxylic acids is 1. The number of thioether (sulfide) groups is 1. The van der Waals surface area contributed by atoms with Gasteiger partial charge in [0.15, 0.2) is 6.29 Å². The van der Waals surface area contributed by atoms with Gasteiger partial charge in [0.25, 0.3) is 0 Å². The Labute approximate surface area is 107 Å². The van der Waals surface area contributed by atoms with Gasteiger partial charge in [0, 0.05) is 35.8 Å². The first-order valence-electron chi connectivity index (χ1n) is 5.51. The van der Waals surface area contributed by atoms with Crippen molar-refractivity contribution in [2.45, 2.75) is 6.18 Å². The molecular formula is C12H12F3NOS. The molecular weight excluding hydrogens is 263 g/mol. The molecule has 0 amide bonds. The fourth-order valence-corrected chi connectivity index (χ4v) is 2.81. The summed E-state index contributed by atoms with van der Waals surface area (Å²) < 4.78 is 38.4. The summed E-state index contributed by atoms with van der Waals surface area (Å²) >= 11 is 1.79. The Kier molecular flexibility index (Phi) is 3.85. The first-order valence-corrected chi connectivity index (χ1v) is 6.67. The number of alkyl halides is 3. The van der Waals surface area contributed by atoms with Crippen LogP contribution < -0.4 is 4.90 Å². The fraction of sp³-hybridized carbons (Fsp3) is 0.417. The van der Waals surface area contributed by atoms with Crippen molar-refractivity contribution >= 4 is 23.7 Å². The monoisotopic (exact) mass is 275 g/mol. The van der Waals surface area contributed by atoms with E-state index in [1.807, 2.05) is 4.90 Å². The van der Waals surface area contributed by atoms with Gasteiger partial charge >= 0.3 is 6.18 Å². The minimum absolute atomic E-state index is 0.249. The van der Waals surface area contributed by atoms with Gasteiger partial charge in [-0.2, -0.15) is 24.9 Å². The smallest absolute Gasteiger partial charge is 0.370 e. The van der Waals surface area contributed by atoms with Crippen LogP contribution in [0.15, 0.2) is 18.2 Å². The van der Waals surface area contributed by atoms with Crippen LogP contribution in [0.4, 0.5) is 18.9 Å². The van der Waals surface area contributed by atoms with Crippen LogP contribution in [0.3, 0.4) is 0 Å². The van der Waals surface area contributed by atoms with Crippen molar-refractivity contribution in [1.29, 1.82) is 0 Å². The summed E-state index contributed by atoms with van der Waals surface area (Å²) in [6.07, 6.45) is -4.24. The summed E-state index contributed by atoms with van der Waals surface area (Å²) in [4.78, 5) is 12.6. The van der Waals surface area contributed by atoms with Crippen molar-refractivity contribution in [3.63, 3.8) is 0 Å². The molecule has 2 nitrogen and oxygen atoms in total. The average Bonchev–Trinajstić information content (AvgIpc) is 2.38. The van der Waals surface area contributed by atoms with Crippen LogP contribution in [0.25, 0.3) is 0 Å². The zero-order chi connectivity index (χ0) is 13.2. The highest BCUT2D eigenvalue weighted by Gasteiger charge is 2.34. The van der Waals surface area contributed by atoms with E-state index in [1.54, 1.807) is 17.8 Å². The minimum atomic E-state index is -4.49. The Morgan fingerprint density at radius 3 is 2.44 bits per heavy atom. The van der Waals surface area contributed by atoms with Gasteiger partial charge < -0.3 is 4.90 Å². The van der Waals surface area contributed by atoms with Gasteiger partial charge in [-0.15, -0.1) is 0 Å². The van der Waals surface area contributed by atoms with Crippen LogP contribution in [0, 0.1) is 0 Å². The third-order valence-corrected chi connectivity index (χ3v) is 3.79. The van der Waals surface area contributed by atoms with Gasteiger partial charge in [-0.25, -0.2) is 0 Å². The summed E-state index contributed by atoms with van der Waals surface area (Å²) in [5.41, 5.74) is -0.626. The normalized spacial score (nSPS) is 16.7. The molecule has 1 saturated heterocycles. The van der Waals surface area contributed by atoms with Crippen molar-refractivity contribution in [3.8, 4) is 0 Å². The standard InChI is InChI=1S/C12H12F3NOS/c13-12(14,15)11-7-10(2-1-9(11)8-17)16-3-5-18-6-4-16/h1-2,7-8H,3-6H2. The van der Waals surface area contributed by atoms with E-state index in [9.17, 15) is 18.0 Å². The SMILES string of the molecule is O=Cc1ccc(N2CCSCC2)cc1C(F)(F)F. The lowest BCUT2D eigenvalue weighted by molar-refractivity contribution is -0.137. The van der Waals surface area contributed by atoms with Crippen LogP contribution >= 0.6 is 11.8 Å². The zero-order valence-electron chi connectivity index (χ0n) is 9.54. The lowest BCUT2D eigenvalue weighted by Crippen LogP contribution is -2.32.